The highest BCUT2D eigenvalue weighted by molar-refractivity contribution is 7.89. The third-order valence-corrected chi connectivity index (χ3v) is 6.30. The maximum absolute atomic E-state index is 13.0. The van der Waals surface area contributed by atoms with Gasteiger partial charge in [0.15, 0.2) is 0 Å². The fourth-order valence-electron chi connectivity index (χ4n) is 3.47. The van der Waals surface area contributed by atoms with E-state index in [0.29, 0.717) is 0 Å². The molecule has 0 aliphatic heterocycles. The van der Waals surface area contributed by atoms with Crippen molar-refractivity contribution in [2.45, 2.75) is 69.7 Å². The fraction of sp³-hybridized carbons (Fsp3) is 0.600. The Kier molecular flexibility index (Phi) is 8.11. The van der Waals surface area contributed by atoms with Crippen LogP contribution in [0.25, 0.3) is 10.4 Å². The van der Waals surface area contributed by atoms with Gasteiger partial charge in [-0.2, -0.15) is 0 Å². The number of esters is 1. The maximum Gasteiger partial charge on any atom is 0.407 e. The van der Waals surface area contributed by atoms with Crippen molar-refractivity contribution in [2.75, 3.05) is 6.61 Å². The van der Waals surface area contributed by atoms with Gasteiger partial charge in [0.25, 0.3) is 0 Å². The number of benzene rings is 1. The van der Waals surface area contributed by atoms with Gasteiger partial charge in [-0.15, -0.1) is 0 Å². The molecule has 1 aliphatic carbocycles. The highest BCUT2D eigenvalue weighted by atomic mass is 32.2. The van der Waals surface area contributed by atoms with E-state index < -0.39 is 51.7 Å². The van der Waals surface area contributed by atoms with Crippen molar-refractivity contribution >= 4 is 22.1 Å². The van der Waals surface area contributed by atoms with Crippen LogP contribution in [0.1, 0.15) is 39.7 Å². The van der Waals surface area contributed by atoms with E-state index in [1.165, 1.54) is 12.1 Å². The summed E-state index contributed by atoms with van der Waals surface area (Å²) in [5.74, 6) is -1.58. The van der Waals surface area contributed by atoms with Gasteiger partial charge in [-0.05, 0) is 58.7 Å². The van der Waals surface area contributed by atoms with Gasteiger partial charge >= 0.3 is 12.1 Å². The molecule has 2 rings (SSSR count). The number of nitrogens with zero attached hydrogens (tertiary/aromatic N) is 3. The quantitative estimate of drug-likeness (QED) is 0.271. The van der Waals surface area contributed by atoms with E-state index >= 15 is 0 Å². The van der Waals surface area contributed by atoms with Crippen molar-refractivity contribution in [1.82, 2.24) is 10.0 Å². The molecule has 1 aromatic carbocycles. The van der Waals surface area contributed by atoms with Gasteiger partial charge < -0.3 is 14.8 Å². The Morgan fingerprint density at radius 2 is 1.84 bits per heavy atom. The molecule has 0 heterocycles. The van der Waals surface area contributed by atoms with Crippen LogP contribution < -0.4 is 10.0 Å². The first-order valence-electron chi connectivity index (χ1n) is 10.2. The highest BCUT2D eigenvalue weighted by Crippen LogP contribution is 2.32. The van der Waals surface area contributed by atoms with Crippen LogP contribution >= 0.6 is 0 Å². The van der Waals surface area contributed by atoms with Crippen LogP contribution in [0.2, 0.25) is 0 Å². The van der Waals surface area contributed by atoms with Crippen LogP contribution in [0.5, 0.6) is 0 Å². The van der Waals surface area contributed by atoms with Crippen LogP contribution in [0.15, 0.2) is 34.3 Å². The van der Waals surface area contributed by atoms with Gasteiger partial charge in [-0.1, -0.05) is 22.8 Å². The summed E-state index contributed by atoms with van der Waals surface area (Å²) >= 11 is 0. The first-order valence-corrected chi connectivity index (χ1v) is 11.7. The molecule has 1 amide bonds. The Bertz CT molecular complexity index is 983. The lowest BCUT2D eigenvalue weighted by molar-refractivity contribution is -0.148. The number of sulfonamides is 1. The molecule has 1 fully saturated rings. The minimum Gasteiger partial charge on any atom is -0.466 e. The molecule has 0 spiro atoms. The van der Waals surface area contributed by atoms with Crippen molar-refractivity contribution in [3.05, 3.63) is 40.3 Å². The number of ether oxygens (including phenoxy) is 2. The Morgan fingerprint density at radius 3 is 2.38 bits per heavy atom. The predicted molar refractivity (Wildman–Crippen MR) is 116 cm³/mol. The average molecular weight is 468 g/mol. The van der Waals surface area contributed by atoms with Gasteiger partial charge in [0, 0.05) is 4.91 Å². The maximum atomic E-state index is 13.0. The molecule has 0 radical (unpaired) electrons. The number of carbonyl (C=O) groups excluding carboxylic acids is 2. The summed E-state index contributed by atoms with van der Waals surface area (Å²) in [4.78, 5) is 27.8. The van der Waals surface area contributed by atoms with Crippen molar-refractivity contribution in [3.63, 3.8) is 0 Å². The normalized spacial score (nSPS) is 23.2. The number of hydrogen-bond acceptors (Lipinski definition) is 7. The lowest BCUT2D eigenvalue weighted by Gasteiger charge is -2.28. The molecule has 1 aliphatic rings. The van der Waals surface area contributed by atoms with Crippen LogP contribution in [-0.4, -0.2) is 50.8 Å². The minimum absolute atomic E-state index is 0.00149. The van der Waals surface area contributed by atoms with Crippen LogP contribution in [-0.2, 0) is 24.3 Å². The largest absolute Gasteiger partial charge is 0.466 e. The van der Waals surface area contributed by atoms with Gasteiger partial charge in [0.1, 0.15) is 5.60 Å². The first-order chi connectivity index (χ1) is 14.9. The summed E-state index contributed by atoms with van der Waals surface area (Å²) in [6.45, 7) is 8.56. The van der Waals surface area contributed by atoms with E-state index in [1.54, 1.807) is 39.8 Å². The Morgan fingerprint density at radius 1 is 1.22 bits per heavy atom. The van der Waals surface area contributed by atoms with Gasteiger partial charge in [-0.3, -0.25) is 4.79 Å². The van der Waals surface area contributed by atoms with E-state index in [9.17, 15) is 18.0 Å². The van der Waals surface area contributed by atoms with Crippen LogP contribution in [0.3, 0.4) is 0 Å². The Balaban J connectivity index is 2.42. The molecule has 4 atom stereocenters. The van der Waals surface area contributed by atoms with Crippen molar-refractivity contribution in [2.24, 2.45) is 11.0 Å². The second-order valence-corrected chi connectivity index (χ2v) is 10.2. The number of amides is 1. The second-order valence-electron chi connectivity index (χ2n) is 8.50. The third-order valence-electron chi connectivity index (χ3n) is 4.83. The zero-order chi connectivity index (χ0) is 24.1. The van der Waals surface area contributed by atoms with Crippen molar-refractivity contribution in [3.8, 4) is 0 Å². The second kappa shape index (κ2) is 10.2. The summed E-state index contributed by atoms with van der Waals surface area (Å²) in [5.41, 5.74) is 9.05. The van der Waals surface area contributed by atoms with Crippen LogP contribution in [0, 0.1) is 12.8 Å². The zero-order valence-electron chi connectivity index (χ0n) is 18.7. The number of nitrogens with one attached hydrogen (secondary N) is 2. The molecule has 0 bridgehead atoms. The number of carbonyl (C=O) groups is 2. The molecule has 0 aromatic heterocycles. The summed E-state index contributed by atoms with van der Waals surface area (Å²) < 4.78 is 38.9. The molecule has 1 saturated carbocycles. The van der Waals surface area contributed by atoms with E-state index in [2.05, 4.69) is 20.1 Å². The van der Waals surface area contributed by atoms with Crippen LogP contribution in [0.4, 0.5) is 4.79 Å². The Hall–Kier alpha value is -2.82. The van der Waals surface area contributed by atoms with E-state index in [1.807, 2.05) is 6.92 Å². The summed E-state index contributed by atoms with van der Waals surface area (Å²) in [6, 6.07) is 3.08. The molecule has 176 valence electrons. The molecule has 1 aromatic rings. The molecular formula is C20H29N5O6S. The summed E-state index contributed by atoms with van der Waals surface area (Å²) in [6.07, 6.45) is -0.845. The number of alkyl carbamates (subject to hydrolysis) is 1. The lowest BCUT2D eigenvalue weighted by atomic mass is 10.0. The summed E-state index contributed by atoms with van der Waals surface area (Å²) in [7, 11) is -4.05. The molecule has 32 heavy (non-hydrogen) atoms. The molecule has 0 saturated heterocycles. The van der Waals surface area contributed by atoms with E-state index in [0.717, 1.165) is 5.56 Å². The average Bonchev–Trinajstić information content (AvgIpc) is 2.98. The molecule has 12 heteroatoms. The van der Waals surface area contributed by atoms with Crippen molar-refractivity contribution < 1.29 is 27.5 Å². The predicted octanol–water partition coefficient (Wildman–Crippen LogP) is 2.80. The summed E-state index contributed by atoms with van der Waals surface area (Å²) in [5, 5.41) is 6.25. The topological polar surface area (TPSA) is 160 Å². The monoisotopic (exact) mass is 467 g/mol. The zero-order valence-corrected chi connectivity index (χ0v) is 19.5. The number of rotatable bonds is 7. The number of aryl methyl sites for hydroxylation is 1. The lowest BCUT2D eigenvalue weighted by Crippen LogP contribution is -2.55. The molecule has 11 nitrogen and oxygen atoms in total. The smallest absolute Gasteiger partial charge is 0.407 e. The standard InChI is InChI=1S/C20H29N5O6S/c1-6-30-18(26)14-11-15(23-25-21)17(16(14)22-19(27)31-20(3,4)5)24-32(28,29)13-9-7-12(2)8-10-13/h7-10,14-17,24H,6,11H2,1-5H3,(H,22,27)/t14-,15-,16-,17+/m1/s1. The third kappa shape index (κ3) is 6.59. The van der Waals surface area contributed by atoms with Gasteiger partial charge in [0.05, 0.1) is 35.5 Å². The van der Waals surface area contributed by atoms with Crippen molar-refractivity contribution in [1.29, 1.82) is 0 Å². The van der Waals surface area contributed by atoms with Gasteiger partial charge in [0.2, 0.25) is 10.0 Å². The van der Waals surface area contributed by atoms with E-state index in [4.69, 9.17) is 15.0 Å². The molecular weight excluding hydrogens is 438 g/mol. The Labute approximate surface area is 187 Å². The van der Waals surface area contributed by atoms with Gasteiger partial charge in [-0.25, -0.2) is 17.9 Å². The highest BCUT2D eigenvalue weighted by Gasteiger charge is 2.49. The SMILES string of the molecule is CCOC(=O)[C@@H]1C[C@@H](N=[N+]=[N-])[C@H](NS(=O)(=O)c2ccc(C)cc2)[C@@H]1NC(=O)OC(C)(C)C. The number of azide groups is 1. The first kappa shape index (κ1) is 25.4. The fourth-order valence-corrected chi connectivity index (χ4v) is 4.76. The minimum atomic E-state index is -4.05. The number of hydrogen-bond donors (Lipinski definition) is 2. The molecule has 0 unspecified atom stereocenters. The van der Waals surface area contributed by atoms with E-state index in [-0.39, 0.29) is 17.9 Å². The molecule has 2 N–H and O–H groups in total.